The van der Waals surface area contributed by atoms with E-state index in [2.05, 4.69) is 15.3 Å². The number of amides is 1. The Morgan fingerprint density at radius 3 is 2.56 bits per heavy atom. The molecule has 2 aromatic heterocycles. The van der Waals surface area contributed by atoms with Crippen LogP contribution < -0.4 is 14.8 Å². The van der Waals surface area contributed by atoms with Gasteiger partial charge in [-0.3, -0.25) is 4.79 Å². The summed E-state index contributed by atoms with van der Waals surface area (Å²) in [5.41, 5.74) is 0.786. The van der Waals surface area contributed by atoms with Crippen LogP contribution in [-0.2, 0) is 6.54 Å². The van der Waals surface area contributed by atoms with Crippen LogP contribution in [0.15, 0.2) is 54.9 Å². The van der Waals surface area contributed by atoms with Gasteiger partial charge in [-0.15, -0.1) is 0 Å². The van der Waals surface area contributed by atoms with Crippen LogP contribution in [0.4, 0.5) is 8.78 Å². The molecule has 0 unspecified atom stereocenters. The van der Waals surface area contributed by atoms with Crippen molar-refractivity contribution in [3.8, 4) is 17.5 Å². The molecule has 0 aliphatic carbocycles. The van der Waals surface area contributed by atoms with Crippen molar-refractivity contribution < 1.29 is 23.0 Å². The number of hydrogen-bond donors (Lipinski definition) is 1. The zero-order chi connectivity index (χ0) is 19.2. The average Bonchev–Trinajstić information content (AvgIpc) is 2.69. The minimum atomic E-state index is -0.851. The van der Waals surface area contributed by atoms with E-state index >= 15 is 0 Å². The molecule has 3 rings (SSSR count). The Hall–Kier alpha value is -3.55. The number of benzene rings is 1. The van der Waals surface area contributed by atoms with Crippen molar-refractivity contribution >= 4 is 5.91 Å². The van der Waals surface area contributed by atoms with Crippen LogP contribution in [0.5, 0.6) is 17.5 Å². The first-order valence-corrected chi connectivity index (χ1v) is 7.92. The molecule has 138 valence electrons. The molecule has 3 aromatic rings. The van der Waals surface area contributed by atoms with Gasteiger partial charge in [0.15, 0.2) is 11.6 Å². The molecule has 0 aliphatic heterocycles. The van der Waals surface area contributed by atoms with Crippen molar-refractivity contribution in [1.82, 2.24) is 15.3 Å². The highest BCUT2D eigenvalue weighted by molar-refractivity contribution is 5.96. The molecular weight excluding hydrogens is 356 g/mol. The van der Waals surface area contributed by atoms with Gasteiger partial charge in [0.25, 0.3) is 5.91 Å². The number of halogens is 2. The molecule has 0 aliphatic rings. The summed E-state index contributed by atoms with van der Waals surface area (Å²) in [7, 11) is 1.42. The van der Waals surface area contributed by atoms with Crippen molar-refractivity contribution in [3.05, 3.63) is 77.6 Å². The first-order chi connectivity index (χ1) is 13.1. The number of aromatic nitrogens is 2. The van der Waals surface area contributed by atoms with Crippen molar-refractivity contribution in [1.29, 1.82) is 0 Å². The minimum absolute atomic E-state index is 0.0723. The van der Waals surface area contributed by atoms with E-state index in [0.717, 1.165) is 6.07 Å². The minimum Gasteiger partial charge on any atom is -0.480 e. The Bertz CT molecular complexity index is 966. The molecule has 0 fully saturated rings. The second-order valence-electron chi connectivity index (χ2n) is 5.39. The molecule has 27 heavy (non-hydrogen) atoms. The third-order valence-corrected chi connectivity index (χ3v) is 3.60. The maximum absolute atomic E-state index is 13.8. The van der Waals surface area contributed by atoms with Crippen LogP contribution in [0.3, 0.4) is 0 Å². The zero-order valence-electron chi connectivity index (χ0n) is 14.3. The Balaban J connectivity index is 1.75. The van der Waals surface area contributed by atoms with Crippen molar-refractivity contribution in [2.45, 2.75) is 6.54 Å². The number of pyridine rings is 2. The highest BCUT2D eigenvalue weighted by atomic mass is 19.1. The average molecular weight is 371 g/mol. The molecule has 6 nitrogen and oxygen atoms in total. The van der Waals surface area contributed by atoms with Gasteiger partial charge in [-0.1, -0.05) is 6.07 Å². The first-order valence-electron chi connectivity index (χ1n) is 7.92. The number of nitrogens with zero attached hydrogens (tertiary/aromatic N) is 2. The number of hydrogen-bond acceptors (Lipinski definition) is 5. The largest absolute Gasteiger partial charge is 0.480 e. The van der Waals surface area contributed by atoms with Crippen LogP contribution in [0.25, 0.3) is 0 Å². The second kappa shape index (κ2) is 8.22. The molecule has 0 saturated heterocycles. The third kappa shape index (κ3) is 4.35. The molecule has 2 heterocycles. The van der Waals surface area contributed by atoms with Crippen molar-refractivity contribution in [2.24, 2.45) is 0 Å². The summed E-state index contributed by atoms with van der Waals surface area (Å²) in [4.78, 5) is 20.4. The zero-order valence-corrected chi connectivity index (χ0v) is 14.3. The van der Waals surface area contributed by atoms with Gasteiger partial charge in [0, 0.05) is 30.6 Å². The van der Waals surface area contributed by atoms with Crippen LogP contribution in [-0.4, -0.2) is 23.0 Å². The van der Waals surface area contributed by atoms with E-state index in [-0.39, 0.29) is 29.6 Å². The Morgan fingerprint density at radius 2 is 1.81 bits per heavy atom. The van der Waals surface area contributed by atoms with Gasteiger partial charge < -0.3 is 14.8 Å². The SMILES string of the molecule is COc1ncccc1C(=O)NCc1cccnc1Oc1ccc(F)cc1F. The molecule has 0 spiro atoms. The number of carbonyl (C=O) groups excluding carboxylic acids is 1. The van der Waals surface area contributed by atoms with Gasteiger partial charge in [0.1, 0.15) is 11.4 Å². The lowest BCUT2D eigenvalue weighted by molar-refractivity contribution is 0.0947. The van der Waals surface area contributed by atoms with Gasteiger partial charge in [-0.2, -0.15) is 0 Å². The fourth-order valence-electron chi connectivity index (χ4n) is 2.31. The van der Waals surface area contributed by atoms with E-state index < -0.39 is 17.5 Å². The summed E-state index contributed by atoms with van der Waals surface area (Å²) >= 11 is 0. The van der Waals surface area contributed by atoms with E-state index in [1.165, 1.54) is 25.6 Å². The van der Waals surface area contributed by atoms with E-state index in [0.29, 0.717) is 11.6 Å². The summed E-state index contributed by atoms with van der Waals surface area (Å²) in [5.74, 6) is -1.83. The Morgan fingerprint density at radius 1 is 1.07 bits per heavy atom. The lowest BCUT2D eigenvalue weighted by Gasteiger charge is -2.12. The quantitative estimate of drug-likeness (QED) is 0.718. The van der Waals surface area contributed by atoms with Crippen LogP contribution in [0, 0.1) is 11.6 Å². The molecule has 1 amide bonds. The number of ether oxygens (including phenoxy) is 2. The predicted octanol–water partition coefficient (Wildman–Crippen LogP) is 3.49. The third-order valence-electron chi connectivity index (χ3n) is 3.60. The topological polar surface area (TPSA) is 73.3 Å². The Kier molecular flexibility index (Phi) is 5.55. The lowest BCUT2D eigenvalue weighted by atomic mass is 10.2. The number of carbonyl (C=O) groups is 1. The molecule has 1 aromatic carbocycles. The molecule has 0 saturated carbocycles. The first kappa shape index (κ1) is 18.2. The number of nitrogens with one attached hydrogen (secondary N) is 1. The van der Waals surface area contributed by atoms with Gasteiger partial charge in [-0.25, -0.2) is 18.7 Å². The predicted molar refractivity (Wildman–Crippen MR) is 92.6 cm³/mol. The summed E-state index contributed by atoms with van der Waals surface area (Å²) in [6.07, 6.45) is 2.98. The normalized spacial score (nSPS) is 10.3. The summed E-state index contributed by atoms with van der Waals surface area (Å²) in [6, 6.07) is 9.49. The fraction of sp³-hybridized carbons (Fsp3) is 0.105. The van der Waals surface area contributed by atoms with Crippen LogP contribution >= 0.6 is 0 Å². The molecule has 8 heteroatoms. The van der Waals surface area contributed by atoms with Gasteiger partial charge >= 0.3 is 0 Å². The van der Waals surface area contributed by atoms with Crippen molar-refractivity contribution in [3.63, 3.8) is 0 Å². The van der Waals surface area contributed by atoms with Gasteiger partial charge in [0.05, 0.1) is 7.11 Å². The second-order valence-corrected chi connectivity index (χ2v) is 5.39. The molecule has 0 radical (unpaired) electrons. The maximum atomic E-state index is 13.8. The fourth-order valence-corrected chi connectivity index (χ4v) is 2.31. The van der Waals surface area contributed by atoms with Crippen LogP contribution in [0.1, 0.15) is 15.9 Å². The summed E-state index contributed by atoms with van der Waals surface area (Å²) in [6.45, 7) is 0.0723. The lowest BCUT2D eigenvalue weighted by Crippen LogP contribution is -2.24. The Labute approximate surface area is 153 Å². The summed E-state index contributed by atoms with van der Waals surface area (Å²) in [5, 5.41) is 2.71. The van der Waals surface area contributed by atoms with E-state index in [9.17, 15) is 13.6 Å². The molecule has 1 N–H and O–H groups in total. The summed E-state index contributed by atoms with van der Waals surface area (Å²) < 4.78 is 37.3. The number of rotatable bonds is 6. The molecule has 0 atom stereocenters. The van der Waals surface area contributed by atoms with Gasteiger partial charge in [0.2, 0.25) is 11.8 Å². The van der Waals surface area contributed by atoms with E-state index in [4.69, 9.17) is 9.47 Å². The standard InChI is InChI=1S/C19H15F2N3O3/c1-26-19-14(5-3-9-23-19)17(25)24-11-12-4-2-8-22-18(12)27-16-7-6-13(20)10-15(16)21/h2-10H,11H2,1H3,(H,24,25). The van der Waals surface area contributed by atoms with E-state index in [1.54, 1.807) is 24.3 Å². The van der Waals surface area contributed by atoms with Gasteiger partial charge in [-0.05, 0) is 30.3 Å². The highest BCUT2D eigenvalue weighted by Gasteiger charge is 2.15. The smallest absolute Gasteiger partial charge is 0.257 e. The molecule has 0 bridgehead atoms. The van der Waals surface area contributed by atoms with E-state index in [1.807, 2.05) is 0 Å². The number of methoxy groups -OCH3 is 1. The monoisotopic (exact) mass is 371 g/mol. The maximum Gasteiger partial charge on any atom is 0.257 e. The molecular formula is C19H15F2N3O3. The van der Waals surface area contributed by atoms with Crippen LogP contribution in [0.2, 0.25) is 0 Å². The van der Waals surface area contributed by atoms with Crippen molar-refractivity contribution in [2.75, 3.05) is 7.11 Å². The highest BCUT2D eigenvalue weighted by Crippen LogP contribution is 2.26.